The molecular formula is C24H17NO6. The second kappa shape index (κ2) is 7.28. The highest BCUT2D eigenvalue weighted by Crippen LogP contribution is 2.50. The minimum atomic E-state index is -0.544. The van der Waals surface area contributed by atoms with Gasteiger partial charge >= 0.3 is 5.63 Å². The summed E-state index contributed by atoms with van der Waals surface area (Å²) >= 11 is 0. The first kappa shape index (κ1) is 18.9. The first-order chi connectivity index (χ1) is 15.1. The van der Waals surface area contributed by atoms with Crippen LogP contribution in [0.5, 0.6) is 11.5 Å². The van der Waals surface area contributed by atoms with Gasteiger partial charge in [0.15, 0.2) is 0 Å². The molecule has 7 heteroatoms. The lowest BCUT2D eigenvalue weighted by molar-refractivity contribution is -0.384. The largest absolute Gasteiger partial charge is 0.497 e. The van der Waals surface area contributed by atoms with E-state index in [-0.39, 0.29) is 5.69 Å². The summed E-state index contributed by atoms with van der Waals surface area (Å²) in [6.45, 7) is 0. The predicted molar refractivity (Wildman–Crippen MR) is 114 cm³/mol. The van der Waals surface area contributed by atoms with Crippen LogP contribution in [0.25, 0.3) is 11.0 Å². The van der Waals surface area contributed by atoms with Gasteiger partial charge in [-0.2, -0.15) is 0 Å². The molecule has 5 rings (SSSR count). The molecular weight excluding hydrogens is 398 g/mol. The fraction of sp³-hybridized carbons (Fsp3) is 0.125. The highest BCUT2D eigenvalue weighted by Gasteiger charge is 2.41. The normalized spacial score (nSPS) is 17.2. The molecule has 0 saturated heterocycles. The number of hydrogen-bond donors (Lipinski definition) is 0. The molecule has 31 heavy (non-hydrogen) atoms. The van der Waals surface area contributed by atoms with Crippen molar-refractivity contribution in [3.8, 4) is 11.5 Å². The third-order valence-corrected chi connectivity index (χ3v) is 5.56. The number of nitro groups is 1. The van der Waals surface area contributed by atoms with Crippen molar-refractivity contribution >= 4 is 16.7 Å². The Morgan fingerprint density at radius 1 is 0.935 bits per heavy atom. The zero-order valence-corrected chi connectivity index (χ0v) is 16.5. The Hall–Kier alpha value is -4.13. The first-order valence-corrected chi connectivity index (χ1v) is 9.67. The highest BCUT2D eigenvalue weighted by molar-refractivity contribution is 5.85. The van der Waals surface area contributed by atoms with Crippen molar-refractivity contribution in [3.05, 3.63) is 110 Å². The van der Waals surface area contributed by atoms with Gasteiger partial charge in [0.1, 0.15) is 23.2 Å². The van der Waals surface area contributed by atoms with Gasteiger partial charge in [0.25, 0.3) is 5.69 Å². The number of methoxy groups -OCH3 is 1. The highest BCUT2D eigenvalue weighted by atomic mass is 16.6. The summed E-state index contributed by atoms with van der Waals surface area (Å²) in [5, 5.41) is 11.8. The Labute approximate surface area is 176 Å². The summed E-state index contributed by atoms with van der Waals surface area (Å²) in [7, 11) is 1.59. The van der Waals surface area contributed by atoms with Crippen molar-refractivity contribution in [2.24, 2.45) is 0 Å². The van der Waals surface area contributed by atoms with Crippen molar-refractivity contribution in [1.82, 2.24) is 0 Å². The molecule has 3 aromatic carbocycles. The molecule has 2 heterocycles. The topological polar surface area (TPSA) is 91.8 Å². The van der Waals surface area contributed by atoms with E-state index in [2.05, 4.69) is 0 Å². The van der Waals surface area contributed by atoms with E-state index in [1.54, 1.807) is 31.4 Å². The minimum absolute atomic E-state index is 0.00905. The maximum absolute atomic E-state index is 13.0. The third-order valence-electron chi connectivity index (χ3n) is 5.56. The summed E-state index contributed by atoms with van der Waals surface area (Å²) in [6, 6.07) is 20.8. The van der Waals surface area contributed by atoms with E-state index in [4.69, 9.17) is 13.9 Å². The van der Waals surface area contributed by atoms with Crippen LogP contribution >= 0.6 is 0 Å². The van der Waals surface area contributed by atoms with Crippen LogP contribution in [0.3, 0.4) is 0 Å². The molecule has 0 aliphatic carbocycles. The zero-order valence-electron chi connectivity index (χ0n) is 16.5. The third kappa shape index (κ3) is 3.11. The Kier molecular flexibility index (Phi) is 4.43. The van der Waals surface area contributed by atoms with Crippen LogP contribution in [-0.2, 0) is 0 Å². The summed E-state index contributed by atoms with van der Waals surface area (Å²) in [5.41, 5.74) is 2.00. The van der Waals surface area contributed by atoms with E-state index in [9.17, 15) is 14.9 Å². The van der Waals surface area contributed by atoms with Crippen LogP contribution in [0.15, 0.2) is 82.0 Å². The van der Waals surface area contributed by atoms with Gasteiger partial charge in [0.2, 0.25) is 0 Å². The molecule has 0 spiro atoms. The maximum Gasteiger partial charge on any atom is 0.344 e. The average molecular weight is 415 g/mol. The summed E-state index contributed by atoms with van der Waals surface area (Å²) in [5.74, 6) is 0.736. The number of ether oxygens (including phenoxy) is 2. The van der Waals surface area contributed by atoms with E-state index < -0.39 is 22.6 Å². The van der Waals surface area contributed by atoms with Crippen LogP contribution in [-0.4, -0.2) is 12.0 Å². The monoisotopic (exact) mass is 415 g/mol. The zero-order chi connectivity index (χ0) is 21.5. The fourth-order valence-electron chi connectivity index (χ4n) is 4.08. The molecule has 154 valence electrons. The standard InChI is InChI=1S/C24H17NO6/c1-29-17-12-8-14(9-13-17)20-21-23(18-4-2-3-5-19(18)30-24(21)26)31-22(20)15-6-10-16(11-7-15)25(27)28/h2-13,20,22H,1H3/t20-,22+/m0/s1. The molecule has 4 aromatic rings. The summed E-state index contributed by atoms with van der Waals surface area (Å²) in [4.78, 5) is 23.6. The average Bonchev–Trinajstić information content (AvgIpc) is 3.21. The smallest absolute Gasteiger partial charge is 0.344 e. The number of para-hydroxylation sites is 1. The van der Waals surface area contributed by atoms with Crippen LogP contribution in [0.1, 0.15) is 28.7 Å². The summed E-state index contributed by atoms with van der Waals surface area (Å²) in [6.07, 6.45) is -0.544. The lowest BCUT2D eigenvalue weighted by atomic mass is 9.85. The molecule has 0 radical (unpaired) electrons. The van der Waals surface area contributed by atoms with E-state index >= 15 is 0 Å². The van der Waals surface area contributed by atoms with Gasteiger partial charge in [-0.05, 0) is 47.5 Å². The maximum atomic E-state index is 13.0. The Balaban J connectivity index is 1.71. The molecule has 0 fully saturated rings. The lowest BCUT2D eigenvalue weighted by Crippen LogP contribution is -2.15. The van der Waals surface area contributed by atoms with Crippen molar-refractivity contribution in [3.63, 3.8) is 0 Å². The van der Waals surface area contributed by atoms with E-state index in [0.717, 1.165) is 11.1 Å². The Bertz CT molecular complexity index is 1340. The predicted octanol–water partition coefficient (Wildman–Crippen LogP) is 4.98. The van der Waals surface area contributed by atoms with Gasteiger partial charge in [0, 0.05) is 12.1 Å². The molecule has 2 atom stereocenters. The van der Waals surface area contributed by atoms with Crippen LogP contribution < -0.4 is 15.1 Å². The van der Waals surface area contributed by atoms with Crippen LogP contribution in [0.2, 0.25) is 0 Å². The molecule has 1 aliphatic heterocycles. The number of non-ortho nitro benzene ring substituents is 1. The molecule has 0 saturated carbocycles. The molecule has 0 unspecified atom stereocenters. The van der Waals surface area contributed by atoms with Crippen molar-refractivity contribution in [2.45, 2.75) is 12.0 Å². The summed E-state index contributed by atoms with van der Waals surface area (Å²) < 4.78 is 17.2. The Morgan fingerprint density at radius 2 is 1.61 bits per heavy atom. The van der Waals surface area contributed by atoms with Gasteiger partial charge in [-0.1, -0.05) is 24.3 Å². The second-order valence-corrected chi connectivity index (χ2v) is 7.27. The van der Waals surface area contributed by atoms with Gasteiger partial charge < -0.3 is 13.9 Å². The fourth-order valence-corrected chi connectivity index (χ4v) is 4.08. The van der Waals surface area contributed by atoms with Gasteiger partial charge in [0.05, 0.1) is 28.9 Å². The number of nitro benzene ring substituents is 1. The van der Waals surface area contributed by atoms with Crippen molar-refractivity contribution in [2.75, 3.05) is 7.11 Å². The number of benzene rings is 3. The SMILES string of the molecule is COc1ccc([C@H]2c3c(c4ccccc4oc3=O)O[C@@H]2c2ccc([N+](=O)[O-])cc2)cc1. The molecule has 7 nitrogen and oxygen atoms in total. The number of rotatable bonds is 4. The molecule has 0 bridgehead atoms. The van der Waals surface area contributed by atoms with Crippen LogP contribution in [0, 0.1) is 10.1 Å². The minimum Gasteiger partial charge on any atom is -0.497 e. The van der Waals surface area contributed by atoms with E-state index in [1.807, 2.05) is 36.4 Å². The van der Waals surface area contributed by atoms with Crippen LogP contribution in [0.4, 0.5) is 5.69 Å². The van der Waals surface area contributed by atoms with Gasteiger partial charge in [-0.3, -0.25) is 10.1 Å². The molecule has 0 N–H and O–H groups in total. The second-order valence-electron chi connectivity index (χ2n) is 7.27. The van der Waals surface area contributed by atoms with E-state index in [1.165, 1.54) is 12.1 Å². The van der Waals surface area contributed by atoms with E-state index in [0.29, 0.717) is 28.0 Å². The first-order valence-electron chi connectivity index (χ1n) is 9.67. The molecule has 1 aromatic heterocycles. The molecule has 0 amide bonds. The molecule has 1 aliphatic rings. The van der Waals surface area contributed by atoms with Crippen molar-refractivity contribution in [1.29, 1.82) is 0 Å². The van der Waals surface area contributed by atoms with Crippen molar-refractivity contribution < 1.29 is 18.8 Å². The number of nitrogens with zero attached hydrogens (tertiary/aromatic N) is 1. The number of fused-ring (bicyclic) bond motifs is 3. The lowest BCUT2D eigenvalue weighted by Gasteiger charge is -2.19. The van der Waals surface area contributed by atoms with Gasteiger partial charge in [-0.15, -0.1) is 0 Å². The number of hydrogen-bond acceptors (Lipinski definition) is 6. The van der Waals surface area contributed by atoms with Gasteiger partial charge in [-0.25, -0.2) is 4.79 Å². The Morgan fingerprint density at radius 3 is 2.29 bits per heavy atom. The quantitative estimate of drug-likeness (QED) is 0.265.